The number of rotatable bonds is 4. The lowest BCUT2D eigenvalue weighted by atomic mass is 10.1. The molecule has 4 aromatic heterocycles. The minimum Gasteiger partial charge on any atom is -0.345 e. The smallest absolute Gasteiger partial charge is 0.229 e. The molecule has 0 amide bonds. The number of hydrogen-bond donors (Lipinski definition) is 2. The number of nitrogens with one attached hydrogen (secondary N) is 2. The molecule has 7 heteroatoms. The van der Waals surface area contributed by atoms with Gasteiger partial charge in [0.2, 0.25) is 5.95 Å². The van der Waals surface area contributed by atoms with E-state index in [9.17, 15) is 0 Å². The molecule has 160 valence electrons. The highest BCUT2D eigenvalue weighted by Crippen LogP contribution is 2.30. The zero-order valence-corrected chi connectivity index (χ0v) is 18.9. The monoisotopic (exact) mass is 415 g/mol. The Bertz CT molecular complexity index is 1170. The van der Waals surface area contributed by atoms with Gasteiger partial charge in [-0.2, -0.15) is 4.98 Å². The number of hydrogen-bond acceptors (Lipinski definition) is 6. The second-order valence-electron chi connectivity index (χ2n) is 8.17. The fourth-order valence-corrected chi connectivity index (χ4v) is 2.81. The van der Waals surface area contributed by atoms with Gasteiger partial charge >= 0.3 is 0 Å². The Kier molecular flexibility index (Phi) is 7.07. The zero-order valence-electron chi connectivity index (χ0n) is 18.9. The molecular weight excluding hydrogens is 386 g/mol. The second-order valence-corrected chi connectivity index (χ2v) is 8.17. The van der Waals surface area contributed by atoms with E-state index < -0.39 is 0 Å². The van der Waals surface area contributed by atoms with Crippen LogP contribution in [0.4, 0.5) is 17.5 Å². The summed E-state index contributed by atoms with van der Waals surface area (Å²) in [4.78, 5) is 25.2. The van der Waals surface area contributed by atoms with E-state index in [-0.39, 0.29) is 0 Å². The maximum atomic E-state index is 4.56. The molecule has 0 bridgehead atoms. The molecule has 0 aliphatic heterocycles. The van der Waals surface area contributed by atoms with Crippen molar-refractivity contribution in [2.75, 3.05) is 5.32 Å². The van der Waals surface area contributed by atoms with Gasteiger partial charge in [-0.15, -0.1) is 0 Å². The highest BCUT2D eigenvalue weighted by Gasteiger charge is 2.11. The summed E-state index contributed by atoms with van der Waals surface area (Å²) in [5.74, 6) is 2.11. The summed E-state index contributed by atoms with van der Waals surface area (Å²) in [5, 5.41) is 4.11. The number of H-pyrrole nitrogens is 1. The van der Waals surface area contributed by atoms with E-state index in [0.29, 0.717) is 5.95 Å². The third-order valence-corrected chi connectivity index (χ3v) is 4.06. The number of aliphatic imine (C=N–C) groups is 1. The van der Waals surface area contributed by atoms with Crippen LogP contribution in [-0.2, 0) is 0 Å². The molecule has 4 rings (SSSR count). The summed E-state index contributed by atoms with van der Waals surface area (Å²) < 4.78 is 0. The maximum Gasteiger partial charge on any atom is 0.229 e. The van der Waals surface area contributed by atoms with Crippen LogP contribution in [0.25, 0.3) is 22.2 Å². The molecule has 0 aliphatic rings. The SMILES string of the molecule is CC(C)=Nc1ncc(-c2c[nH]c3nc(Nc4ccncc4)ncc23)cc1C.CC(C)C. The van der Waals surface area contributed by atoms with E-state index in [1.54, 1.807) is 12.4 Å². The summed E-state index contributed by atoms with van der Waals surface area (Å²) >= 11 is 0. The van der Waals surface area contributed by atoms with Crippen molar-refractivity contribution in [2.45, 2.75) is 41.5 Å². The van der Waals surface area contributed by atoms with Crippen LogP contribution >= 0.6 is 0 Å². The van der Waals surface area contributed by atoms with Crippen LogP contribution in [0.15, 0.2) is 54.2 Å². The molecular formula is C24H29N7. The first-order valence-corrected chi connectivity index (χ1v) is 10.3. The molecule has 0 atom stereocenters. The topological polar surface area (TPSA) is 91.7 Å². The Balaban J connectivity index is 0.000000628. The van der Waals surface area contributed by atoms with Crippen molar-refractivity contribution in [3.8, 4) is 11.1 Å². The van der Waals surface area contributed by atoms with Crippen molar-refractivity contribution in [1.29, 1.82) is 0 Å². The first-order chi connectivity index (χ1) is 14.8. The van der Waals surface area contributed by atoms with E-state index in [1.807, 2.05) is 51.5 Å². The summed E-state index contributed by atoms with van der Waals surface area (Å²) in [6.45, 7) is 12.4. The molecule has 7 nitrogen and oxygen atoms in total. The van der Waals surface area contributed by atoms with Crippen LogP contribution in [0.5, 0.6) is 0 Å². The molecule has 0 saturated heterocycles. The maximum absolute atomic E-state index is 4.56. The Hall–Kier alpha value is -3.61. The molecule has 31 heavy (non-hydrogen) atoms. The Morgan fingerprint density at radius 2 is 1.77 bits per heavy atom. The molecule has 4 heterocycles. The number of anilines is 2. The van der Waals surface area contributed by atoms with Crippen LogP contribution < -0.4 is 5.32 Å². The molecule has 0 spiro atoms. The van der Waals surface area contributed by atoms with Gasteiger partial charge in [0.05, 0.1) is 0 Å². The molecule has 0 saturated carbocycles. The van der Waals surface area contributed by atoms with Crippen LogP contribution in [0.3, 0.4) is 0 Å². The number of aromatic nitrogens is 5. The molecule has 0 aromatic carbocycles. The fraction of sp³-hybridized carbons (Fsp3) is 0.292. The van der Waals surface area contributed by atoms with Crippen LogP contribution in [0, 0.1) is 12.8 Å². The van der Waals surface area contributed by atoms with Crippen molar-refractivity contribution in [1.82, 2.24) is 24.9 Å². The molecule has 0 fully saturated rings. The molecule has 0 radical (unpaired) electrons. The van der Waals surface area contributed by atoms with Crippen molar-refractivity contribution in [3.05, 3.63) is 54.7 Å². The highest BCUT2D eigenvalue weighted by molar-refractivity contribution is 5.93. The van der Waals surface area contributed by atoms with Gasteiger partial charge in [0, 0.05) is 58.9 Å². The summed E-state index contributed by atoms with van der Waals surface area (Å²) in [6, 6.07) is 5.81. The number of aromatic amines is 1. The predicted molar refractivity (Wildman–Crippen MR) is 128 cm³/mol. The van der Waals surface area contributed by atoms with E-state index in [0.717, 1.165) is 50.9 Å². The summed E-state index contributed by atoms with van der Waals surface area (Å²) in [6.07, 6.45) is 9.02. The fourth-order valence-electron chi connectivity index (χ4n) is 2.81. The third-order valence-electron chi connectivity index (χ3n) is 4.06. The van der Waals surface area contributed by atoms with Gasteiger partial charge in [0.1, 0.15) is 5.65 Å². The van der Waals surface area contributed by atoms with Gasteiger partial charge in [-0.3, -0.25) is 4.98 Å². The van der Waals surface area contributed by atoms with E-state index >= 15 is 0 Å². The van der Waals surface area contributed by atoms with Crippen molar-refractivity contribution >= 4 is 34.2 Å². The van der Waals surface area contributed by atoms with Crippen LogP contribution in [0.1, 0.15) is 40.2 Å². The first-order valence-electron chi connectivity index (χ1n) is 10.3. The average Bonchev–Trinajstić information content (AvgIpc) is 3.13. The molecule has 2 N–H and O–H groups in total. The summed E-state index contributed by atoms with van der Waals surface area (Å²) in [5.41, 5.74) is 5.68. The highest BCUT2D eigenvalue weighted by atomic mass is 15.1. The lowest BCUT2D eigenvalue weighted by molar-refractivity contribution is 0.737. The van der Waals surface area contributed by atoms with Gasteiger partial charge in [0.25, 0.3) is 0 Å². The minimum atomic E-state index is 0.527. The zero-order chi connectivity index (χ0) is 22.4. The van der Waals surface area contributed by atoms with Gasteiger partial charge < -0.3 is 10.3 Å². The lowest BCUT2D eigenvalue weighted by Crippen LogP contribution is -1.96. The number of nitrogens with zero attached hydrogens (tertiary/aromatic N) is 5. The molecule has 0 aliphatic carbocycles. The Labute approximate surface area is 183 Å². The second kappa shape index (κ2) is 9.93. The predicted octanol–water partition coefficient (Wildman–Crippen LogP) is 6.24. The molecule has 0 unspecified atom stereocenters. The van der Waals surface area contributed by atoms with E-state index in [2.05, 4.69) is 62.1 Å². The van der Waals surface area contributed by atoms with Crippen molar-refractivity contribution in [2.24, 2.45) is 10.9 Å². The molecule has 4 aromatic rings. The third kappa shape index (κ3) is 5.94. The van der Waals surface area contributed by atoms with Crippen LogP contribution in [-0.4, -0.2) is 30.6 Å². The van der Waals surface area contributed by atoms with Crippen LogP contribution in [0.2, 0.25) is 0 Å². The Morgan fingerprint density at radius 1 is 1.06 bits per heavy atom. The number of fused-ring (bicyclic) bond motifs is 1. The van der Waals surface area contributed by atoms with E-state index in [4.69, 9.17) is 0 Å². The lowest BCUT2D eigenvalue weighted by Gasteiger charge is -2.05. The van der Waals surface area contributed by atoms with Gasteiger partial charge in [-0.1, -0.05) is 20.8 Å². The van der Waals surface area contributed by atoms with Gasteiger partial charge in [0.15, 0.2) is 5.82 Å². The van der Waals surface area contributed by atoms with Crippen molar-refractivity contribution in [3.63, 3.8) is 0 Å². The largest absolute Gasteiger partial charge is 0.345 e. The number of aryl methyl sites for hydroxylation is 1. The average molecular weight is 416 g/mol. The van der Waals surface area contributed by atoms with Gasteiger partial charge in [-0.05, 0) is 50.5 Å². The Morgan fingerprint density at radius 3 is 2.42 bits per heavy atom. The standard InChI is InChI=1S/C20H19N7.C4H10/c1-12(2)25-18-13(3)8-14(9-22-18)16-10-23-19-17(16)11-24-20(27-19)26-15-4-6-21-7-5-15;1-4(2)3/h4-11H,1-3H3,(H2,21,23,24,26,27);4H,1-3H3. The van der Waals surface area contributed by atoms with E-state index in [1.165, 1.54) is 0 Å². The normalized spacial score (nSPS) is 10.5. The minimum absolute atomic E-state index is 0.527. The summed E-state index contributed by atoms with van der Waals surface area (Å²) in [7, 11) is 0. The first kappa shape index (κ1) is 22.1. The van der Waals surface area contributed by atoms with Gasteiger partial charge in [-0.25, -0.2) is 15.0 Å². The number of pyridine rings is 2. The quantitative estimate of drug-likeness (QED) is 0.385. The van der Waals surface area contributed by atoms with Crippen molar-refractivity contribution < 1.29 is 0 Å².